The van der Waals surface area contributed by atoms with E-state index in [9.17, 15) is 9.59 Å². The number of carbonyl (C=O) groups excluding carboxylic acids is 2. The predicted molar refractivity (Wildman–Crippen MR) is 91.3 cm³/mol. The van der Waals surface area contributed by atoms with Gasteiger partial charge in [0.05, 0.1) is 0 Å². The van der Waals surface area contributed by atoms with Gasteiger partial charge in [-0.05, 0) is 38.2 Å². The number of amides is 3. The van der Waals surface area contributed by atoms with Crippen molar-refractivity contribution in [3.8, 4) is 0 Å². The maximum atomic E-state index is 12.8. The third kappa shape index (κ3) is 2.42. The minimum absolute atomic E-state index is 0.0338. The molecule has 0 N–H and O–H groups in total. The largest absolute Gasteiger partial charge is 0.327 e. The summed E-state index contributed by atoms with van der Waals surface area (Å²) in [6.45, 7) is 5.48. The molecule has 0 aromatic heterocycles. The molecule has 1 aromatic rings. The first-order valence-electron chi connectivity index (χ1n) is 9.01. The van der Waals surface area contributed by atoms with Crippen molar-refractivity contribution in [2.24, 2.45) is 0 Å². The van der Waals surface area contributed by atoms with E-state index in [0.29, 0.717) is 0 Å². The molecule has 4 rings (SSSR count). The van der Waals surface area contributed by atoms with Crippen molar-refractivity contribution in [3.63, 3.8) is 0 Å². The second-order valence-electron chi connectivity index (χ2n) is 7.48. The molecule has 0 aliphatic carbocycles. The number of rotatable bonds is 3. The van der Waals surface area contributed by atoms with Gasteiger partial charge in [-0.2, -0.15) is 0 Å². The zero-order valence-electron chi connectivity index (χ0n) is 14.3. The summed E-state index contributed by atoms with van der Waals surface area (Å²) in [6.07, 6.45) is 3.51. The van der Waals surface area contributed by atoms with Crippen LogP contribution < -0.4 is 0 Å². The number of carbonyl (C=O) groups is 2. The molecule has 3 aliphatic rings. The van der Waals surface area contributed by atoms with Gasteiger partial charge in [0.15, 0.2) is 0 Å². The third-order valence-electron chi connectivity index (χ3n) is 5.93. The Hall–Kier alpha value is -1.88. The molecule has 3 amide bonds. The summed E-state index contributed by atoms with van der Waals surface area (Å²) in [5, 5.41) is 0. The normalized spacial score (nSPS) is 28.7. The lowest BCUT2D eigenvalue weighted by molar-refractivity contribution is -0.134. The lowest BCUT2D eigenvalue weighted by Crippen LogP contribution is -2.48. The fourth-order valence-electron chi connectivity index (χ4n) is 4.47. The molecule has 1 aromatic carbocycles. The van der Waals surface area contributed by atoms with Crippen molar-refractivity contribution in [2.75, 3.05) is 19.6 Å². The molecule has 128 valence electrons. The minimum Gasteiger partial charge on any atom is -0.310 e. The molecule has 3 fully saturated rings. The summed E-state index contributed by atoms with van der Waals surface area (Å²) in [4.78, 5) is 31.3. The maximum absolute atomic E-state index is 12.8. The van der Waals surface area contributed by atoms with Crippen LogP contribution in [-0.2, 0) is 11.3 Å². The average Bonchev–Trinajstić information content (AvgIpc) is 3.07. The molecule has 24 heavy (non-hydrogen) atoms. The monoisotopic (exact) mass is 327 g/mol. The van der Waals surface area contributed by atoms with E-state index in [1.807, 2.05) is 13.0 Å². The Bertz CT molecular complexity index is 639. The highest BCUT2D eigenvalue weighted by molar-refractivity contribution is 6.07. The molecule has 3 aliphatic heterocycles. The van der Waals surface area contributed by atoms with Crippen molar-refractivity contribution >= 4 is 11.9 Å². The number of fused-ring (bicyclic) bond motifs is 1. The summed E-state index contributed by atoms with van der Waals surface area (Å²) in [7, 11) is 0. The topological polar surface area (TPSA) is 43.9 Å². The van der Waals surface area contributed by atoms with Gasteiger partial charge in [0.1, 0.15) is 5.54 Å². The van der Waals surface area contributed by atoms with E-state index >= 15 is 0 Å². The van der Waals surface area contributed by atoms with Gasteiger partial charge in [-0.25, -0.2) is 4.79 Å². The van der Waals surface area contributed by atoms with E-state index in [0.717, 1.165) is 51.9 Å². The molecule has 0 spiro atoms. The second kappa shape index (κ2) is 5.88. The highest BCUT2D eigenvalue weighted by atomic mass is 16.2. The van der Waals surface area contributed by atoms with E-state index < -0.39 is 5.54 Å². The molecule has 1 atom stereocenters. The number of benzene rings is 1. The van der Waals surface area contributed by atoms with Crippen LogP contribution in [0, 0.1) is 0 Å². The van der Waals surface area contributed by atoms with Crippen LogP contribution in [0.1, 0.15) is 38.2 Å². The molecule has 5 nitrogen and oxygen atoms in total. The van der Waals surface area contributed by atoms with Crippen LogP contribution in [0.4, 0.5) is 4.79 Å². The van der Waals surface area contributed by atoms with Crippen molar-refractivity contribution in [2.45, 2.75) is 50.7 Å². The van der Waals surface area contributed by atoms with E-state index in [2.05, 4.69) is 29.2 Å². The van der Waals surface area contributed by atoms with Crippen LogP contribution in [0.3, 0.4) is 0 Å². The Kier molecular flexibility index (Phi) is 3.83. The van der Waals surface area contributed by atoms with Gasteiger partial charge in [0.25, 0.3) is 5.91 Å². The first kappa shape index (κ1) is 15.6. The van der Waals surface area contributed by atoms with Crippen LogP contribution >= 0.6 is 0 Å². The standard InChI is InChI=1S/C19H25N3O2/c1-19-10-5-11-21(19)18(24)22(17(19)23)16-8-12-20(13-9-16)14-15-6-3-2-4-7-15/h2-4,6-7,16H,5,8-14H2,1H3. The Morgan fingerprint density at radius 2 is 1.79 bits per heavy atom. The molecule has 5 heteroatoms. The van der Waals surface area contributed by atoms with Crippen LogP contribution in [0.5, 0.6) is 0 Å². The van der Waals surface area contributed by atoms with Gasteiger partial charge >= 0.3 is 6.03 Å². The highest BCUT2D eigenvalue weighted by Gasteiger charge is 2.57. The number of urea groups is 1. The molecule has 3 saturated heterocycles. The van der Waals surface area contributed by atoms with Gasteiger partial charge in [0, 0.05) is 32.2 Å². The van der Waals surface area contributed by atoms with Crippen molar-refractivity contribution in [3.05, 3.63) is 35.9 Å². The summed E-state index contributed by atoms with van der Waals surface area (Å²) in [6, 6.07) is 10.5. The van der Waals surface area contributed by atoms with Crippen molar-refractivity contribution in [1.29, 1.82) is 0 Å². The van der Waals surface area contributed by atoms with Gasteiger partial charge in [-0.3, -0.25) is 14.6 Å². The van der Waals surface area contributed by atoms with Crippen LogP contribution in [0.2, 0.25) is 0 Å². The smallest absolute Gasteiger partial charge is 0.310 e. The van der Waals surface area contributed by atoms with Crippen LogP contribution in [0.15, 0.2) is 30.3 Å². The summed E-state index contributed by atoms with van der Waals surface area (Å²) >= 11 is 0. The van der Waals surface area contributed by atoms with E-state index in [-0.39, 0.29) is 18.0 Å². The SMILES string of the molecule is CC12CCCN1C(=O)N(C1CCN(Cc3ccccc3)CC1)C2=O. The Morgan fingerprint density at radius 1 is 1.08 bits per heavy atom. The van der Waals surface area contributed by atoms with Crippen LogP contribution in [-0.4, -0.2) is 57.9 Å². The number of hydrogen-bond donors (Lipinski definition) is 0. The predicted octanol–water partition coefficient (Wildman–Crippen LogP) is 2.47. The quantitative estimate of drug-likeness (QED) is 0.801. The van der Waals surface area contributed by atoms with Crippen LogP contribution in [0.25, 0.3) is 0 Å². The average molecular weight is 327 g/mol. The zero-order chi connectivity index (χ0) is 16.7. The minimum atomic E-state index is -0.571. The maximum Gasteiger partial charge on any atom is 0.327 e. The van der Waals surface area contributed by atoms with E-state index in [1.54, 1.807) is 9.80 Å². The van der Waals surface area contributed by atoms with Gasteiger partial charge in [-0.15, -0.1) is 0 Å². The molecule has 0 bridgehead atoms. The van der Waals surface area contributed by atoms with Crippen molar-refractivity contribution < 1.29 is 9.59 Å². The lowest BCUT2D eigenvalue weighted by atomic mass is 9.97. The molecular weight excluding hydrogens is 302 g/mol. The summed E-state index contributed by atoms with van der Waals surface area (Å²) < 4.78 is 0. The van der Waals surface area contributed by atoms with Gasteiger partial charge in [-0.1, -0.05) is 30.3 Å². The first-order chi connectivity index (χ1) is 11.6. The molecular formula is C19H25N3O2. The second-order valence-corrected chi connectivity index (χ2v) is 7.48. The van der Waals surface area contributed by atoms with E-state index in [4.69, 9.17) is 0 Å². The zero-order valence-corrected chi connectivity index (χ0v) is 14.3. The lowest BCUT2D eigenvalue weighted by Gasteiger charge is -2.35. The van der Waals surface area contributed by atoms with Gasteiger partial charge in [0.2, 0.25) is 0 Å². The third-order valence-corrected chi connectivity index (χ3v) is 5.93. The molecule has 0 radical (unpaired) electrons. The molecule has 1 unspecified atom stereocenters. The first-order valence-corrected chi connectivity index (χ1v) is 9.01. The number of nitrogens with zero attached hydrogens (tertiary/aromatic N) is 3. The fourth-order valence-corrected chi connectivity index (χ4v) is 4.47. The van der Waals surface area contributed by atoms with Crippen molar-refractivity contribution in [1.82, 2.24) is 14.7 Å². The summed E-state index contributed by atoms with van der Waals surface area (Å²) in [5.41, 5.74) is 0.746. The Labute approximate surface area is 143 Å². The Balaban J connectivity index is 1.40. The number of imide groups is 1. The van der Waals surface area contributed by atoms with Gasteiger partial charge < -0.3 is 4.90 Å². The fraction of sp³-hybridized carbons (Fsp3) is 0.579. The number of hydrogen-bond acceptors (Lipinski definition) is 3. The molecule has 0 saturated carbocycles. The highest BCUT2D eigenvalue weighted by Crippen LogP contribution is 2.39. The number of piperidine rings is 1. The summed E-state index contributed by atoms with van der Waals surface area (Å²) in [5.74, 6) is 0.0338. The van der Waals surface area contributed by atoms with E-state index in [1.165, 1.54) is 5.56 Å². The number of likely N-dealkylation sites (tertiary alicyclic amines) is 1. The Morgan fingerprint density at radius 3 is 2.46 bits per heavy atom. The molecule has 3 heterocycles.